The number of nitrogens with zero attached hydrogens (tertiary/aromatic N) is 1. The molecular weight excluding hydrogens is 252 g/mol. The van der Waals surface area contributed by atoms with Crippen molar-refractivity contribution in [2.75, 3.05) is 45.4 Å². The van der Waals surface area contributed by atoms with Crippen molar-refractivity contribution in [2.45, 2.75) is 25.5 Å². The summed E-state index contributed by atoms with van der Waals surface area (Å²) in [7, 11) is 3.86. The van der Waals surface area contributed by atoms with E-state index >= 15 is 0 Å². The quantitative estimate of drug-likeness (QED) is 0.738. The summed E-state index contributed by atoms with van der Waals surface area (Å²) >= 11 is 0. The first kappa shape index (κ1) is 15.3. The minimum Gasteiger partial charge on any atom is -0.383 e. The van der Waals surface area contributed by atoms with Gasteiger partial charge in [-0.1, -0.05) is 12.1 Å². The van der Waals surface area contributed by atoms with Crippen molar-refractivity contribution in [3.8, 4) is 0 Å². The van der Waals surface area contributed by atoms with Crippen LogP contribution in [0.2, 0.25) is 0 Å². The highest BCUT2D eigenvalue weighted by Gasteiger charge is 2.17. The van der Waals surface area contributed by atoms with E-state index in [2.05, 4.69) is 41.5 Å². The molecule has 1 aliphatic rings. The summed E-state index contributed by atoms with van der Waals surface area (Å²) in [5.74, 6) is 0. The Kier molecular flexibility index (Phi) is 6.30. The molecule has 0 aromatic heterocycles. The Labute approximate surface area is 122 Å². The molecule has 4 heteroatoms. The molecule has 0 spiro atoms. The van der Waals surface area contributed by atoms with Crippen LogP contribution in [0.1, 0.15) is 18.4 Å². The summed E-state index contributed by atoms with van der Waals surface area (Å²) in [6.07, 6.45) is 2.78. The van der Waals surface area contributed by atoms with Crippen LogP contribution in [0.25, 0.3) is 0 Å². The van der Waals surface area contributed by atoms with E-state index in [0.717, 1.165) is 32.8 Å². The molecule has 1 aromatic carbocycles. The maximum absolute atomic E-state index is 5.68. The van der Waals surface area contributed by atoms with E-state index in [9.17, 15) is 0 Å². The molecule has 1 unspecified atom stereocenters. The third kappa shape index (κ3) is 4.78. The zero-order valence-corrected chi connectivity index (χ0v) is 12.6. The number of rotatable bonds is 8. The molecule has 2 rings (SSSR count). The van der Waals surface area contributed by atoms with Crippen molar-refractivity contribution < 1.29 is 9.47 Å². The van der Waals surface area contributed by atoms with Crippen molar-refractivity contribution in [3.05, 3.63) is 29.8 Å². The molecule has 1 fully saturated rings. The fourth-order valence-corrected chi connectivity index (χ4v) is 2.47. The second-order valence-electron chi connectivity index (χ2n) is 5.35. The van der Waals surface area contributed by atoms with Gasteiger partial charge in [0.15, 0.2) is 0 Å². The molecule has 1 aliphatic heterocycles. The molecule has 0 radical (unpaired) electrons. The van der Waals surface area contributed by atoms with Gasteiger partial charge in [0.2, 0.25) is 0 Å². The number of methoxy groups -OCH3 is 1. The molecule has 1 saturated heterocycles. The van der Waals surface area contributed by atoms with Crippen molar-refractivity contribution in [1.29, 1.82) is 0 Å². The average molecular weight is 278 g/mol. The van der Waals surface area contributed by atoms with Gasteiger partial charge in [-0.2, -0.15) is 0 Å². The Morgan fingerprint density at radius 2 is 2.15 bits per heavy atom. The van der Waals surface area contributed by atoms with Crippen LogP contribution in [0.5, 0.6) is 0 Å². The molecule has 0 amide bonds. The van der Waals surface area contributed by atoms with Gasteiger partial charge in [-0.25, -0.2) is 0 Å². The summed E-state index contributed by atoms with van der Waals surface area (Å²) < 4.78 is 10.7. The molecule has 0 saturated carbocycles. The normalized spacial score (nSPS) is 18.4. The van der Waals surface area contributed by atoms with Crippen LogP contribution in [0.15, 0.2) is 24.3 Å². The van der Waals surface area contributed by atoms with Crippen LogP contribution in [0.4, 0.5) is 5.69 Å². The number of hydrogen-bond acceptors (Lipinski definition) is 4. The van der Waals surface area contributed by atoms with E-state index in [-0.39, 0.29) is 0 Å². The number of likely N-dealkylation sites (N-methyl/N-ethyl adjacent to an activating group) is 1. The van der Waals surface area contributed by atoms with Gasteiger partial charge in [-0.3, -0.25) is 0 Å². The maximum atomic E-state index is 5.68. The lowest BCUT2D eigenvalue weighted by Crippen LogP contribution is -2.28. The molecule has 1 heterocycles. The standard InChI is InChI=1S/C16H26N2O2/c1-18(13-16-4-3-10-20-16)15-7-5-14(6-8-15)12-17-9-11-19-2/h5-8,16-17H,3-4,9-13H2,1-2H3. The number of anilines is 1. The fourth-order valence-electron chi connectivity index (χ4n) is 2.47. The first-order chi connectivity index (χ1) is 9.79. The van der Waals surface area contributed by atoms with Crippen LogP contribution in [0.3, 0.4) is 0 Å². The van der Waals surface area contributed by atoms with Gasteiger partial charge in [-0.05, 0) is 30.5 Å². The molecule has 0 bridgehead atoms. The summed E-state index contributed by atoms with van der Waals surface area (Å²) in [5.41, 5.74) is 2.55. The number of ether oxygens (including phenoxy) is 2. The van der Waals surface area contributed by atoms with Crippen molar-refractivity contribution in [1.82, 2.24) is 5.32 Å². The van der Waals surface area contributed by atoms with E-state index in [1.165, 1.54) is 24.1 Å². The summed E-state index contributed by atoms with van der Waals surface area (Å²) in [6.45, 7) is 4.43. The SMILES string of the molecule is COCCNCc1ccc(N(C)CC2CCCO2)cc1. The highest BCUT2D eigenvalue weighted by molar-refractivity contribution is 5.47. The van der Waals surface area contributed by atoms with E-state index in [1.54, 1.807) is 7.11 Å². The zero-order valence-electron chi connectivity index (χ0n) is 12.6. The van der Waals surface area contributed by atoms with Crippen LogP contribution in [-0.2, 0) is 16.0 Å². The van der Waals surface area contributed by atoms with Gasteiger partial charge in [0, 0.05) is 46.1 Å². The summed E-state index contributed by atoms with van der Waals surface area (Å²) in [4.78, 5) is 2.28. The minimum atomic E-state index is 0.399. The van der Waals surface area contributed by atoms with E-state index in [0.29, 0.717) is 6.10 Å². The first-order valence-electron chi connectivity index (χ1n) is 7.41. The van der Waals surface area contributed by atoms with Gasteiger partial charge in [0.1, 0.15) is 0 Å². The zero-order chi connectivity index (χ0) is 14.2. The van der Waals surface area contributed by atoms with Crippen molar-refractivity contribution >= 4 is 5.69 Å². The Bertz CT molecular complexity index is 375. The highest BCUT2D eigenvalue weighted by atomic mass is 16.5. The molecule has 0 aliphatic carbocycles. The summed E-state index contributed by atoms with van der Waals surface area (Å²) in [5, 5.41) is 3.35. The second kappa shape index (κ2) is 8.25. The van der Waals surface area contributed by atoms with Gasteiger partial charge in [0.25, 0.3) is 0 Å². The lowest BCUT2D eigenvalue weighted by Gasteiger charge is -2.23. The molecule has 1 atom stereocenters. The number of benzene rings is 1. The van der Waals surface area contributed by atoms with Gasteiger partial charge >= 0.3 is 0 Å². The average Bonchev–Trinajstić information content (AvgIpc) is 2.97. The smallest absolute Gasteiger partial charge is 0.0750 e. The van der Waals surface area contributed by atoms with Crippen LogP contribution in [0, 0.1) is 0 Å². The fraction of sp³-hybridized carbons (Fsp3) is 0.625. The number of hydrogen-bond donors (Lipinski definition) is 1. The Balaban J connectivity index is 1.77. The lowest BCUT2D eigenvalue weighted by atomic mass is 10.1. The topological polar surface area (TPSA) is 33.7 Å². The van der Waals surface area contributed by atoms with Gasteiger partial charge in [0.05, 0.1) is 12.7 Å². The van der Waals surface area contributed by atoms with Gasteiger partial charge in [-0.15, -0.1) is 0 Å². The van der Waals surface area contributed by atoms with E-state index < -0.39 is 0 Å². The maximum Gasteiger partial charge on any atom is 0.0750 e. The van der Waals surface area contributed by atoms with E-state index in [4.69, 9.17) is 9.47 Å². The summed E-state index contributed by atoms with van der Waals surface area (Å²) in [6, 6.07) is 8.73. The Morgan fingerprint density at radius 1 is 1.35 bits per heavy atom. The third-order valence-electron chi connectivity index (χ3n) is 3.69. The minimum absolute atomic E-state index is 0.399. The molecule has 4 nitrogen and oxygen atoms in total. The monoisotopic (exact) mass is 278 g/mol. The molecule has 112 valence electrons. The molecule has 1 aromatic rings. The largest absolute Gasteiger partial charge is 0.383 e. The number of nitrogens with one attached hydrogen (secondary N) is 1. The first-order valence-corrected chi connectivity index (χ1v) is 7.41. The predicted molar refractivity (Wildman–Crippen MR) is 82.3 cm³/mol. The third-order valence-corrected chi connectivity index (χ3v) is 3.69. The Morgan fingerprint density at radius 3 is 2.80 bits per heavy atom. The lowest BCUT2D eigenvalue weighted by molar-refractivity contribution is 0.116. The molecule has 1 N–H and O–H groups in total. The second-order valence-corrected chi connectivity index (χ2v) is 5.35. The van der Waals surface area contributed by atoms with E-state index in [1.807, 2.05) is 0 Å². The molecule has 20 heavy (non-hydrogen) atoms. The Hall–Kier alpha value is -1.10. The van der Waals surface area contributed by atoms with Crippen LogP contribution >= 0.6 is 0 Å². The van der Waals surface area contributed by atoms with Crippen molar-refractivity contribution in [2.24, 2.45) is 0 Å². The van der Waals surface area contributed by atoms with Crippen LogP contribution in [-0.4, -0.2) is 46.6 Å². The molecular formula is C16H26N2O2. The van der Waals surface area contributed by atoms with Crippen LogP contribution < -0.4 is 10.2 Å². The van der Waals surface area contributed by atoms with Crippen molar-refractivity contribution in [3.63, 3.8) is 0 Å². The highest BCUT2D eigenvalue weighted by Crippen LogP contribution is 2.18. The van der Waals surface area contributed by atoms with Gasteiger partial charge < -0.3 is 19.7 Å². The predicted octanol–water partition coefficient (Wildman–Crippen LogP) is 2.04.